The van der Waals surface area contributed by atoms with Crippen LogP contribution in [0.3, 0.4) is 0 Å². The summed E-state index contributed by atoms with van der Waals surface area (Å²) in [4.78, 5) is 4.00. The highest BCUT2D eigenvalue weighted by molar-refractivity contribution is 5.85. The van der Waals surface area contributed by atoms with Crippen LogP contribution < -0.4 is 0 Å². The van der Waals surface area contributed by atoms with Crippen molar-refractivity contribution in [3.05, 3.63) is 25.2 Å². The number of halogens is 1. The molecule has 0 saturated carbocycles. The highest BCUT2D eigenvalue weighted by atomic mass is 35.5. The molecule has 0 atom stereocenters. The summed E-state index contributed by atoms with van der Waals surface area (Å²) < 4.78 is 0. The third-order valence-corrected chi connectivity index (χ3v) is 1.34. The molecule has 0 saturated heterocycles. The van der Waals surface area contributed by atoms with Gasteiger partial charge in [0.25, 0.3) is 0 Å². The van der Waals surface area contributed by atoms with Crippen molar-refractivity contribution in [2.75, 3.05) is 13.2 Å². The van der Waals surface area contributed by atoms with Crippen LogP contribution in [0.1, 0.15) is 0 Å². The molecule has 0 N–H and O–H groups in total. The van der Waals surface area contributed by atoms with Crippen molar-refractivity contribution in [3.8, 4) is 12.3 Å². The van der Waals surface area contributed by atoms with Gasteiger partial charge in [-0.15, -0.1) is 18.8 Å². The van der Waals surface area contributed by atoms with Gasteiger partial charge in [0.15, 0.2) is 0 Å². The maximum absolute atomic E-state index is 5.13. The van der Waals surface area contributed by atoms with E-state index in [1.54, 1.807) is 6.20 Å². The molecule has 2 nitrogen and oxygen atoms in total. The fourth-order valence-corrected chi connectivity index (χ4v) is 0.822. The van der Waals surface area contributed by atoms with Crippen molar-refractivity contribution in [2.24, 2.45) is 0 Å². The molecule has 0 spiro atoms. The normalized spacial score (nSPS) is 14.1. The molecular weight excluding hydrogens is 160 g/mol. The van der Waals surface area contributed by atoms with Crippen LogP contribution in [0.15, 0.2) is 25.2 Å². The number of hydrogen-bond donors (Lipinski definition) is 0. The second-order valence-electron chi connectivity index (χ2n) is 2.09. The lowest BCUT2D eigenvalue weighted by atomic mass is 10.6. The Morgan fingerprint density at radius 1 is 1.64 bits per heavy atom. The van der Waals surface area contributed by atoms with Crippen LogP contribution in [-0.2, 0) is 0 Å². The lowest BCUT2D eigenvalue weighted by Gasteiger charge is -2.14. The quantitative estimate of drug-likeness (QED) is 0.576. The van der Waals surface area contributed by atoms with E-state index in [9.17, 15) is 0 Å². The summed E-state index contributed by atoms with van der Waals surface area (Å²) in [5.74, 6) is 2.57. The molecule has 0 unspecified atom stereocenters. The second-order valence-corrected chi connectivity index (χ2v) is 2.09. The summed E-state index contributed by atoms with van der Waals surface area (Å²) in [6, 6.07) is 0. The molecule has 0 radical (unpaired) electrons. The monoisotopic (exact) mass is 170 g/mol. The fourth-order valence-electron chi connectivity index (χ4n) is 0.822. The van der Waals surface area contributed by atoms with E-state index >= 15 is 0 Å². The van der Waals surface area contributed by atoms with Crippen molar-refractivity contribution >= 4 is 12.4 Å². The SMILES string of the molecule is C#CCN1C=CN(C=C)C1.Cl. The summed E-state index contributed by atoms with van der Waals surface area (Å²) in [6.07, 6.45) is 10.8. The van der Waals surface area contributed by atoms with Crippen molar-refractivity contribution in [1.82, 2.24) is 9.80 Å². The number of terminal acetylenes is 1. The lowest BCUT2D eigenvalue weighted by Crippen LogP contribution is -2.21. The molecule has 0 aromatic heterocycles. The molecule has 1 heterocycles. The van der Waals surface area contributed by atoms with Gasteiger partial charge in [-0.3, -0.25) is 0 Å². The Bertz CT molecular complexity index is 193. The largest absolute Gasteiger partial charge is 0.347 e. The molecule has 1 rings (SSSR count). The summed E-state index contributed by atoms with van der Waals surface area (Å²) in [7, 11) is 0. The minimum absolute atomic E-state index is 0. The van der Waals surface area contributed by atoms with Gasteiger partial charge >= 0.3 is 0 Å². The Hall–Kier alpha value is -1.07. The van der Waals surface area contributed by atoms with Crippen LogP contribution in [-0.4, -0.2) is 23.0 Å². The van der Waals surface area contributed by atoms with Gasteiger partial charge in [0.05, 0.1) is 13.2 Å². The Labute approximate surface area is 73.6 Å². The third kappa shape index (κ3) is 2.57. The molecule has 1 aliphatic rings. The smallest absolute Gasteiger partial charge is 0.0944 e. The van der Waals surface area contributed by atoms with Crippen LogP contribution in [0.2, 0.25) is 0 Å². The molecule has 3 heteroatoms. The van der Waals surface area contributed by atoms with E-state index in [1.807, 2.05) is 22.2 Å². The predicted octanol–water partition coefficient (Wildman–Crippen LogP) is 1.23. The van der Waals surface area contributed by atoms with E-state index in [2.05, 4.69) is 12.5 Å². The minimum atomic E-state index is 0. The van der Waals surface area contributed by atoms with Crippen LogP contribution in [0.25, 0.3) is 0 Å². The van der Waals surface area contributed by atoms with Gasteiger partial charge < -0.3 is 9.80 Å². The van der Waals surface area contributed by atoms with E-state index in [-0.39, 0.29) is 12.4 Å². The molecule has 0 fully saturated rings. The first-order valence-corrected chi connectivity index (χ1v) is 3.11. The van der Waals surface area contributed by atoms with Crippen LogP contribution >= 0.6 is 12.4 Å². The van der Waals surface area contributed by atoms with Crippen LogP contribution in [0.5, 0.6) is 0 Å². The summed E-state index contributed by atoms with van der Waals surface area (Å²) in [5, 5.41) is 0. The van der Waals surface area contributed by atoms with Crippen LogP contribution in [0, 0.1) is 12.3 Å². The molecule has 60 valence electrons. The van der Waals surface area contributed by atoms with Gasteiger partial charge in [-0.05, 0) is 6.20 Å². The van der Waals surface area contributed by atoms with Gasteiger partial charge in [0.1, 0.15) is 0 Å². The molecule has 11 heavy (non-hydrogen) atoms. The Morgan fingerprint density at radius 3 is 2.82 bits per heavy atom. The first-order valence-electron chi connectivity index (χ1n) is 3.11. The first kappa shape index (κ1) is 9.93. The summed E-state index contributed by atoms with van der Waals surface area (Å²) >= 11 is 0. The molecule has 0 aromatic rings. The van der Waals surface area contributed by atoms with E-state index in [0.717, 1.165) is 6.67 Å². The summed E-state index contributed by atoms with van der Waals surface area (Å²) in [5.41, 5.74) is 0. The van der Waals surface area contributed by atoms with E-state index in [1.165, 1.54) is 0 Å². The second kappa shape index (κ2) is 4.70. The molecular formula is C8H11ClN2. The van der Waals surface area contributed by atoms with E-state index in [4.69, 9.17) is 6.42 Å². The number of nitrogens with zero attached hydrogens (tertiary/aromatic N) is 2. The Kier molecular flexibility index (Phi) is 4.24. The van der Waals surface area contributed by atoms with Gasteiger partial charge in [0.2, 0.25) is 0 Å². The predicted molar refractivity (Wildman–Crippen MR) is 48.8 cm³/mol. The molecule has 0 bridgehead atoms. The third-order valence-electron chi connectivity index (χ3n) is 1.34. The first-order chi connectivity index (χ1) is 4.86. The van der Waals surface area contributed by atoms with Crippen molar-refractivity contribution in [2.45, 2.75) is 0 Å². The highest BCUT2D eigenvalue weighted by Crippen LogP contribution is 2.04. The number of rotatable bonds is 2. The number of hydrogen-bond acceptors (Lipinski definition) is 2. The standard InChI is InChI=1S/C8H10N2.ClH/c1-3-5-10-7-6-9(4-2)8-10;/h1,4,6-7H,2,5,8H2;1H. The molecule has 0 amide bonds. The topological polar surface area (TPSA) is 6.48 Å². The average Bonchev–Trinajstić information content (AvgIpc) is 2.37. The molecule has 0 aromatic carbocycles. The van der Waals surface area contributed by atoms with Crippen molar-refractivity contribution < 1.29 is 0 Å². The van der Waals surface area contributed by atoms with E-state index in [0.29, 0.717) is 6.54 Å². The van der Waals surface area contributed by atoms with E-state index < -0.39 is 0 Å². The fraction of sp³-hybridized carbons (Fsp3) is 0.250. The van der Waals surface area contributed by atoms with Crippen molar-refractivity contribution in [3.63, 3.8) is 0 Å². The average molecular weight is 171 g/mol. The van der Waals surface area contributed by atoms with Crippen LogP contribution in [0.4, 0.5) is 0 Å². The van der Waals surface area contributed by atoms with Gasteiger partial charge in [0, 0.05) is 12.4 Å². The lowest BCUT2D eigenvalue weighted by molar-refractivity contribution is 0.343. The Balaban J connectivity index is 0.000001000. The molecule has 0 aliphatic carbocycles. The van der Waals surface area contributed by atoms with Gasteiger partial charge in [-0.2, -0.15) is 0 Å². The van der Waals surface area contributed by atoms with Crippen molar-refractivity contribution in [1.29, 1.82) is 0 Å². The Morgan fingerprint density at radius 2 is 2.36 bits per heavy atom. The zero-order valence-corrected chi connectivity index (χ0v) is 7.05. The maximum atomic E-state index is 5.13. The maximum Gasteiger partial charge on any atom is 0.0944 e. The van der Waals surface area contributed by atoms with Gasteiger partial charge in [-0.25, -0.2) is 0 Å². The minimum Gasteiger partial charge on any atom is -0.347 e. The summed E-state index contributed by atoms with van der Waals surface area (Å²) in [6.45, 7) is 5.13. The van der Waals surface area contributed by atoms with Gasteiger partial charge in [-0.1, -0.05) is 12.5 Å². The zero-order chi connectivity index (χ0) is 7.40. The molecule has 1 aliphatic heterocycles. The highest BCUT2D eigenvalue weighted by Gasteiger charge is 2.06. The zero-order valence-electron chi connectivity index (χ0n) is 6.23.